The average Bonchev–Trinajstić information content (AvgIpc) is 2.35. The summed E-state index contributed by atoms with van der Waals surface area (Å²) in [5, 5.41) is 5.64. The standard InChI is InChI=1S/C14H16FN3O2/c1-8(2)16-7-11-17-13(19)12(14(20)18-11)9-4-3-5-10(15)6-9/h3-6,8,12,16H,7H2,1-2H3,(H,17,18,19,20). The molecule has 1 unspecified atom stereocenters. The second-order valence-corrected chi connectivity index (χ2v) is 4.91. The highest BCUT2D eigenvalue weighted by Crippen LogP contribution is 2.21. The van der Waals surface area contributed by atoms with Crippen molar-refractivity contribution in [3.63, 3.8) is 0 Å². The van der Waals surface area contributed by atoms with E-state index in [1.807, 2.05) is 13.8 Å². The number of amidine groups is 1. The van der Waals surface area contributed by atoms with Gasteiger partial charge in [0.25, 0.3) is 5.91 Å². The van der Waals surface area contributed by atoms with Crippen LogP contribution >= 0.6 is 0 Å². The first-order valence-corrected chi connectivity index (χ1v) is 6.38. The molecule has 1 atom stereocenters. The molecule has 0 radical (unpaired) electrons. The quantitative estimate of drug-likeness (QED) is 0.805. The second-order valence-electron chi connectivity index (χ2n) is 4.91. The van der Waals surface area contributed by atoms with Gasteiger partial charge in [0.15, 0.2) is 0 Å². The normalized spacial score (nSPS) is 19.0. The molecule has 0 saturated carbocycles. The number of hydrogen-bond acceptors (Lipinski definition) is 3. The minimum Gasteiger partial charge on any atom is -0.312 e. The van der Waals surface area contributed by atoms with Gasteiger partial charge in [-0.25, -0.2) is 4.39 Å². The third-order valence-corrected chi connectivity index (χ3v) is 2.88. The van der Waals surface area contributed by atoms with Crippen LogP contribution in [0, 0.1) is 5.82 Å². The van der Waals surface area contributed by atoms with Gasteiger partial charge in [0.1, 0.15) is 17.6 Å². The Morgan fingerprint density at radius 3 is 2.75 bits per heavy atom. The van der Waals surface area contributed by atoms with Gasteiger partial charge in [0, 0.05) is 6.04 Å². The van der Waals surface area contributed by atoms with E-state index in [0.717, 1.165) is 0 Å². The van der Waals surface area contributed by atoms with E-state index in [-0.39, 0.29) is 6.04 Å². The van der Waals surface area contributed by atoms with E-state index >= 15 is 0 Å². The van der Waals surface area contributed by atoms with Crippen molar-refractivity contribution >= 4 is 17.6 Å². The fourth-order valence-electron chi connectivity index (χ4n) is 1.92. The molecular weight excluding hydrogens is 261 g/mol. The first-order chi connectivity index (χ1) is 9.47. The Morgan fingerprint density at radius 2 is 2.15 bits per heavy atom. The highest BCUT2D eigenvalue weighted by molar-refractivity contribution is 6.19. The van der Waals surface area contributed by atoms with E-state index in [1.54, 1.807) is 0 Å². The van der Waals surface area contributed by atoms with Gasteiger partial charge in [-0.15, -0.1) is 0 Å². The van der Waals surface area contributed by atoms with E-state index in [0.29, 0.717) is 17.9 Å². The second kappa shape index (κ2) is 5.92. The monoisotopic (exact) mass is 277 g/mol. The number of halogens is 1. The highest BCUT2D eigenvalue weighted by Gasteiger charge is 2.33. The Balaban J connectivity index is 2.18. The molecule has 0 bridgehead atoms. The zero-order chi connectivity index (χ0) is 14.7. The van der Waals surface area contributed by atoms with Crippen LogP contribution in [-0.4, -0.2) is 30.2 Å². The fraction of sp³-hybridized carbons (Fsp3) is 0.357. The third-order valence-electron chi connectivity index (χ3n) is 2.88. The number of carbonyl (C=O) groups is 2. The predicted molar refractivity (Wildman–Crippen MR) is 72.9 cm³/mol. The summed E-state index contributed by atoms with van der Waals surface area (Å²) in [7, 11) is 0. The maximum atomic E-state index is 13.2. The molecule has 1 aliphatic rings. The van der Waals surface area contributed by atoms with Crippen molar-refractivity contribution in [2.24, 2.45) is 4.99 Å². The average molecular weight is 277 g/mol. The predicted octanol–water partition coefficient (Wildman–Crippen LogP) is 0.962. The Kier molecular flexibility index (Phi) is 4.24. The molecule has 1 aliphatic heterocycles. The van der Waals surface area contributed by atoms with Crippen LogP contribution < -0.4 is 10.6 Å². The number of rotatable bonds is 4. The molecule has 0 aliphatic carbocycles. The van der Waals surface area contributed by atoms with Crippen molar-refractivity contribution in [2.45, 2.75) is 25.8 Å². The van der Waals surface area contributed by atoms with Crippen LogP contribution in [0.2, 0.25) is 0 Å². The van der Waals surface area contributed by atoms with Crippen LogP contribution in [0.25, 0.3) is 0 Å². The molecule has 6 heteroatoms. The minimum atomic E-state index is -1.08. The van der Waals surface area contributed by atoms with E-state index in [9.17, 15) is 14.0 Å². The number of aliphatic imine (C=N–C) groups is 1. The van der Waals surface area contributed by atoms with Crippen molar-refractivity contribution < 1.29 is 14.0 Å². The Labute approximate surface area is 116 Å². The van der Waals surface area contributed by atoms with Gasteiger partial charge in [0.05, 0.1) is 6.54 Å². The largest absolute Gasteiger partial charge is 0.312 e. The SMILES string of the molecule is CC(C)NCC1=NC(=O)C(c2cccc(F)c2)C(=O)N1. The van der Waals surface area contributed by atoms with Gasteiger partial charge < -0.3 is 10.6 Å². The summed E-state index contributed by atoms with van der Waals surface area (Å²) in [6.45, 7) is 4.20. The van der Waals surface area contributed by atoms with Crippen LogP contribution in [0.1, 0.15) is 25.3 Å². The first kappa shape index (κ1) is 14.3. The molecule has 1 aromatic rings. The van der Waals surface area contributed by atoms with Crippen LogP contribution in [0.4, 0.5) is 4.39 Å². The van der Waals surface area contributed by atoms with Crippen molar-refractivity contribution in [1.82, 2.24) is 10.6 Å². The van der Waals surface area contributed by atoms with Crippen molar-refractivity contribution in [3.8, 4) is 0 Å². The summed E-state index contributed by atoms with van der Waals surface area (Å²) >= 11 is 0. The summed E-state index contributed by atoms with van der Waals surface area (Å²) in [5.41, 5.74) is 0.312. The summed E-state index contributed by atoms with van der Waals surface area (Å²) < 4.78 is 13.2. The van der Waals surface area contributed by atoms with E-state index < -0.39 is 23.5 Å². The molecule has 0 fully saturated rings. The summed E-state index contributed by atoms with van der Waals surface area (Å²) in [5.74, 6) is -2.31. The van der Waals surface area contributed by atoms with Crippen LogP contribution in [0.15, 0.2) is 29.3 Å². The lowest BCUT2D eigenvalue weighted by Gasteiger charge is -2.21. The molecule has 2 N–H and O–H groups in total. The molecular formula is C14H16FN3O2. The maximum absolute atomic E-state index is 13.2. The van der Waals surface area contributed by atoms with Crippen LogP contribution in [0.5, 0.6) is 0 Å². The third kappa shape index (κ3) is 3.27. The van der Waals surface area contributed by atoms with Crippen molar-refractivity contribution in [3.05, 3.63) is 35.6 Å². The Bertz CT molecular complexity index is 569. The lowest BCUT2D eigenvalue weighted by atomic mass is 9.96. The number of benzene rings is 1. The van der Waals surface area contributed by atoms with E-state index in [4.69, 9.17) is 0 Å². The number of nitrogens with zero attached hydrogens (tertiary/aromatic N) is 1. The summed E-state index contributed by atoms with van der Waals surface area (Å²) in [6.07, 6.45) is 0. The molecule has 5 nitrogen and oxygen atoms in total. The van der Waals surface area contributed by atoms with Gasteiger partial charge in [-0.2, -0.15) is 4.99 Å². The molecule has 1 aromatic carbocycles. The Hall–Kier alpha value is -2.08. The lowest BCUT2D eigenvalue weighted by Crippen LogP contribution is -2.47. The van der Waals surface area contributed by atoms with Gasteiger partial charge in [-0.1, -0.05) is 26.0 Å². The molecule has 0 spiro atoms. The number of nitrogens with one attached hydrogen (secondary N) is 2. The van der Waals surface area contributed by atoms with Crippen LogP contribution in [-0.2, 0) is 9.59 Å². The maximum Gasteiger partial charge on any atom is 0.264 e. The summed E-state index contributed by atoms with van der Waals surface area (Å²) in [4.78, 5) is 27.8. The summed E-state index contributed by atoms with van der Waals surface area (Å²) in [6, 6.07) is 5.65. The molecule has 2 rings (SSSR count). The number of hydrogen-bond donors (Lipinski definition) is 2. The number of amides is 2. The lowest BCUT2D eigenvalue weighted by molar-refractivity contribution is -0.129. The van der Waals surface area contributed by atoms with E-state index in [1.165, 1.54) is 24.3 Å². The molecule has 20 heavy (non-hydrogen) atoms. The smallest absolute Gasteiger partial charge is 0.264 e. The fourth-order valence-corrected chi connectivity index (χ4v) is 1.92. The molecule has 1 heterocycles. The van der Waals surface area contributed by atoms with Gasteiger partial charge >= 0.3 is 0 Å². The molecule has 106 valence electrons. The van der Waals surface area contributed by atoms with Gasteiger partial charge in [-0.3, -0.25) is 9.59 Å². The van der Waals surface area contributed by atoms with Crippen molar-refractivity contribution in [2.75, 3.05) is 6.54 Å². The minimum absolute atomic E-state index is 0.214. The number of carbonyl (C=O) groups excluding carboxylic acids is 2. The topological polar surface area (TPSA) is 70.6 Å². The van der Waals surface area contributed by atoms with Gasteiger partial charge in [-0.05, 0) is 17.7 Å². The van der Waals surface area contributed by atoms with Crippen LogP contribution in [0.3, 0.4) is 0 Å². The molecule has 2 amide bonds. The highest BCUT2D eigenvalue weighted by atomic mass is 19.1. The molecule has 0 aromatic heterocycles. The zero-order valence-electron chi connectivity index (χ0n) is 11.3. The van der Waals surface area contributed by atoms with Crippen molar-refractivity contribution in [1.29, 1.82) is 0 Å². The van der Waals surface area contributed by atoms with Gasteiger partial charge in [0.2, 0.25) is 5.91 Å². The zero-order valence-corrected chi connectivity index (χ0v) is 11.3. The Morgan fingerprint density at radius 1 is 1.40 bits per heavy atom. The molecule has 0 saturated heterocycles. The first-order valence-electron chi connectivity index (χ1n) is 6.38. The van der Waals surface area contributed by atoms with E-state index in [2.05, 4.69) is 15.6 Å².